The van der Waals surface area contributed by atoms with Crippen molar-refractivity contribution in [2.45, 2.75) is 63.6 Å². The number of likely N-dealkylation sites (N-methyl/N-ethyl adjacent to an activating group) is 1. The predicted octanol–water partition coefficient (Wildman–Crippen LogP) is -1.59. The van der Waals surface area contributed by atoms with Crippen LogP contribution in [0.2, 0.25) is 0 Å². The van der Waals surface area contributed by atoms with E-state index in [1.807, 2.05) is 11.9 Å². The maximum absolute atomic E-state index is 13.4. The first-order valence-electron chi connectivity index (χ1n) is 10.9. The van der Waals surface area contributed by atoms with Crippen LogP contribution < -0.4 is 27.4 Å². The molecule has 0 aromatic carbocycles. The Kier molecular flexibility index (Phi) is 8.78. The zero-order valence-corrected chi connectivity index (χ0v) is 18.3. The van der Waals surface area contributed by atoms with Crippen molar-refractivity contribution in [2.75, 3.05) is 20.1 Å². The van der Waals surface area contributed by atoms with Gasteiger partial charge in [-0.2, -0.15) is 0 Å². The van der Waals surface area contributed by atoms with Crippen molar-refractivity contribution >= 4 is 29.5 Å². The van der Waals surface area contributed by atoms with Gasteiger partial charge in [0, 0.05) is 24.9 Å². The average molecular weight is 438 g/mol. The number of rotatable bonds is 10. The second kappa shape index (κ2) is 11.1. The fraction of sp³-hybridized carbons (Fsp3) is 0.750. The molecule has 0 spiro atoms. The van der Waals surface area contributed by atoms with E-state index in [1.54, 1.807) is 0 Å². The Morgan fingerprint density at radius 1 is 1.13 bits per heavy atom. The first-order valence-corrected chi connectivity index (χ1v) is 10.9. The quantitative estimate of drug-likeness (QED) is 0.135. The Morgan fingerprint density at radius 2 is 1.81 bits per heavy atom. The maximum atomic E-state index is 13.4. The van der Waals surface area contributed by atoms with Gasteiger partial charge in [0.25, 0.3) is 0 Å². The highest BCUT2D eigenvalue weighted by Crippen LogP contribution is 2.30. The zero-order chi connectivity index (χ0) is 23.1. The van der Waals surface area contributed by atoms with E-state index in [1.165, 1.54) is 0 Å². The molecular weight excluding hydrogens is 402 g/mol. The van der Waals surface area contributed by atoms with Gasteiger partial charge in [-0.3, -0.25) is 29.5 Å². The van der Waals surface area contributed by atoms with E-state index >= 15 is 0 Å². The molecule has 0 aliphatic carbocycles. The number of Topliss-reactive ketones (excluding diaryl/α,β-unsaturated/α-hetero) is 1. The summed E-state index contributed by atoms with van der Waals surface area (Å²) in [5.74, 6) is -3.06. The van der Waals surface area contributed by atoms with Crippen LogP contribution in [0.1, 0.15) is 45.4 Å². The highest BCUT2D eigenvalue weighted by Gasteiger charge is 2.45. The lowest BCUT2D eigenvalue weighted by atomic mass is 9.75. The number of primary amides is 1. The molecule has 2 aliphatic heterocycles. The molecule has 11 nitrogen and oxygen atoms in total. The molecule has 0 saturated carbocycles. The standard InChI is InChI=1S/C20H35N7O4/c1-3-4-7-15-19(31)26-14(10-27(15)2)16(28)12-9-13(17(21)29)25-18(30)11(12)6-5-8-24-20(22)23/h11-15H,3-10H2,1-2H3,(H2,21,29)(H,25,30)(H,26,31)(H4,22,23,24)/t11-,12?,13+,14+,15-/m0/s1. The van der Waals surface area contributed by atoms with Crippen LogP contribution in [0.5, 0.6) is 0 Å². The number of nitrogens with two attached hydrogens (primary N) is 2. The number of hydrogen-bond donors (Lipinski definition) is 6. The van der Waals surface area contributed by atoms with Gasteiger partial charge < -0.3 is 27.4 Å². The van der Waals surface area contributed by atoms with E-state index in [0.29, 0.717) is 25.9 Å². The number of ketones is 1. The SMILES string of the molecule is CCCC[C@H]1C(=O)N[C@@H](C(=O)C2C[C@H](C(N)=O)NC(=O)[C@H]2CCCNC(=N)N)CN1C. The summed E-state index contributed by atoms with van der Waals surface area (Å²) in [6.07, 6.45) is 3.62. The number of nitrogens with zero attached hydrogens (tertiary/aromatic N) is 1. The van der Waals surface area contributed by atoms with E-state index in [2.05, 4.69) is 22.9 Å². The number of amides is 3. The van der Waals surface area contributed by atoms with E-state index < -0.39 is 35.7 Å². The summed E-state index contributed by atoms with van der Waals surface area (Å²) in [6, 6.07) is -1.93. The van der Waals surface area contributed by atoms with Crippen molar-refractivity contribution in [3.8, 4) is 0 Å². The maximum Gasteiger partial charge on any atom is 0.240 e. The molecule has 11 heteroatoms. The molecule has 0 aromatic heterocycles. The molecule has 3 amide bonds. The van der Waals surface area contributed by atoms with Gasteiger partial charge in [-0.1, -0.05) is 19.8 Å². The molecule has 0 aromatic rings. The Morgan fingerprint density at radius 3 is 2.39 bits per heavy atom. The first-order chi connectivity index (χ1) is 14.6. The average Bonchev–Trinajstić information content (AvgIpc) is 2.70. The topological polar surface area (TPSA) is 184 Å². The van der Waals surface area contributed by atoms with Gasteiger partial charge in [-0.25, -0.2) is 0 Å². The van der Waals surface area contributed by atoms with Gasteiger partial charge in [0.1, 0.15) is 12.1 Å². The normalized spacial score (nSPS) is 29.0. The summed E-state index contributed by atoms with van der Waals surface area (Å²) >= 11 is 0. The molecular formula is C20H35N7O4. The third-order valence-electron chi connectivity index (χ3n) is 6.14. The molecule has 31 heavy (non-hydrogen) atoms. The summed E-state index contributed by atoms with van der Waals surface area (Å²) in [6.45, 7) is 2.81. The number of guanidine groups is 1. The molecule has 5 atom stereocenters. The molecule has 2 rings (SSSR count). The van der Waals surface area contributed by atoms with Crippen molar-refractivity contribution in [3.63, 3.8) is 0 Å². The lowest BCUT2D eigenvalue weighted by Gasteiger charge is -2.40. The Bertz CT molecular complexity index is 714. The molecule has 2 aliphatic rings. The van der Waals surface area contributed by atoms with E-state index in [4.69, 9.17) is 16.9 Å². The van der Waals surface area contributed by atoms with Crippen molar-refractivity contribution in [2.24, 2.45) is 23.3 Å². The van der Waals surface area contributed by atoms with Gasteiger partial charge in [0.05, 0.1) is 6.04 Å². The summed E-state index contributed by atoms with van der Waals surface area (Å²) in [4.78, 5) is 52.3. The van der Waals surface area contributed by atoms with Gasteiger partial charge in [-0.05, 0) is 32.7 Å². The van der Waals surface area contributed by atoms with Crippen LogP contribution in [-0.4, -0.2) is 72.6 Å². The predicted molar refractivity (Wildman–Crippen MR) is 115 cm³/mol. The van der Waals surface area contributed by atoms with E-state index in [9.17, 15) is 19.2 Å². The van der Waals surface area contributed by atoms with Gasteiger partial charge in [0.15, 0.2) is 11.7 Å². The monoisotopic (exact) mass is 437 g/mol. The highest BCUT2D eigenvalue weighted by molar-refractivity contribution is 5.98. The summed E-state index contributed by atoms with van der Waals surface area (Å²) in [7, 11) is 1.82. The number of piperidine rings is 1. The molecule has 174 valence electrons. The van der Waals surface area contributed by atoms with Crippen LogP contribution in [0.25, 0.3) is 0 Å². The number of carbonyl (C=O) groups excluding carboxylic acids is 4. The fourth-order valence-corrected chi connectivity index (χ4v) is 4.42. The fourth-order valence-electron chi connectivity index (χ4n) is 4.42. The lowest BCUT2D eigenvalue weighted by Crippen LogP contribution is -2.64. The molecule has 0 radical (unpaired) electrons. The minimum absolute atomic E-state index is 0.111. The second-order valence-corrected chi connectivity index (χ2v) is 8.46. The molecule has 2 fully saturated rings. The van der Waals surface area contributed by atoms with Crippen LogP contribution in [0, 0.1) is 17.2 Å². The largest absolute Gasteiger partial charge is 0.370 e. The van der Waals surface area contributed by atoms with Crippen molar-refractivity contribution < 1.29 is 19.2 Å². The molecule has 2 saturated heterocycles. The van der Waals surface area contributed by atoms with Crippen molar-refractivity contribution in [1.29, 1.82) is 5.41 Å². The third kappa shape index (κ3) is 6.39. The minimum Gasteiger partial charge on any atom is -0.370 e. The third-order valence-corrected chi connectivity index (χ3v) is 6.14. The summed E-state index contributed by atoms with van der Waals surface area (Å²) in [5, 5.41) is 15.3. The van der Waals surface area contributed by atoms with E-state index in [-0.39, 0.29) is 30.1 Å². The molecule has 2 heterocycles. The number of hydrogen-bond acceptors (Lipinski definition) is 6. The van der Waals surface area contributed by atoms with E-state index in [0.717, 1.165) is 19.3 Å². The summed E-state index contributed by atoms with van der Waals surface area (Å²) < 4.78 is 0. The van der Waals surface area contributed by atoms with Gasteiger partial charge in [0.2, 0.25) is 17.7 Å². The Labute approximate surface area is 182 Å². The Balaban J connectivity index is 2.12. The van der Waals surface area contributed by atoms with Crippen LogP contribution in [0.4, 0.5) is 0 Å². The molecule has 0 bridgehead atoms. The lowest BCUT2D eigenvalue weighted by molar-refractivity contribution is -0.144. The first kappa shape index (κ1) is 24.6. The van der Waals surface area contributed by atoms with Gasteiger partial charge in [-0.15, -0.1) is 0 Å². The van der Waals surface area contributed by atoms with Crippen LogP contribution in [0.3, 0.4) is 0 Å². The summed E-state index contributed by atoms with van der Waals surface area (Å²) in [5.41, 5.74) is 10.7. The smallest absolute Gasteiger partial charge is 0.240 e. The number of unbranched alkanes of at least 4 members (excludes halogenated alkanes) is 1. The zero-order valence-electron chi connectivity index (χ0n) is 18.3. The molecule has 1 unspecified atom stereocenters. The Hall–Kier alpha value is -2.69. The van der Waals surface area contributed by atoms with Gasteiger partial charge >= 0.3 is 0 Å². The minimum atomic E-state index is -0.914. The van der Waals surface area contributed by atoms with Crippen molar-refractivity contribution in [1.82, 2.24) is 20.9 Å². The second-order valence-electron chi connectivity index (χ2n) is 8.46. The van der Waals surface area contributed by atoms with Crippen LogP contribution >= 0.6 is 0 Å². The number of piperazine rings is 1. The van der Waals surface area contributed by atoms with Crippen LogP contribution in [-0.2, 0) is 19.2 Å². The van der Waals surface area contributed by atoms with Crippen molar-refractivity contribution in [3.05, 3.63) is 0 Å². The highest BCUT2D eigenvalue weighted by atomic mass is 16.2. The number of nitrogens with one attached hydrogen (secondary N) is 4. The van der Waals surface area contributed by atoms with Crippen LogP contribution in [0.15, 0.2) is 0 Å². The number of carbonyl (C=O) groups is 4. The molecule has 8 N–H and O–H groups in total.